The highest BCUT2D eigenvalue weighted by molar-refractivity contribution is 5.80. The van der Waals surface area contributed by atoms with Gasteiger partial charge in [-0.1, -0.05) is 12.1 Å². The molecule has 1 amide bonds. The lowest BCUT2D eigenvalue weighted by Gasteiger charge is -2.35. The fourth-order valence-electron chi connectivity index (χ4n) is 4.04. The van der Waals surface area contributed by atoms with Gasteiger partial charge in [-0.25, -0.2) is 0 Å². The molecule has 6 nitrogen and oxygen atoms in total. The van der Waals surface area contributed by atoms with Crippen LogP contribution < -0.4 is 4.74 Å². The molecule has 0 radical (unpaired) electrons. The lowest BCUT2D eigenvalue weighted by atomic mass is 9.94. The van der Waals surface area contributed by atoms with Gasteiger partial charge in [-0.15, -0.1) is 0 Å². The third-order valence-electron chi connectivity index (χ3n) is 5.50. The molecule has 6 heteroatoms. The number of amides is 1. The summed E-state index contributed by atoms with van der Waals surface area (Å²) < 4.78 is 7.05. The number of pyridine rings is 1. The van der Waals surface area contributed by atoms with Gasteiger partial charge in [-0.05, 0) is 54.7 Å². The van der Waals surface area contributed by atoms with Gasteiger partial charge in [0, 0.05) is 37.7 Å². The molecule has 4 rings (SSSR count). The van der Waals surface area contributed by atoms with Gasteiger partial charge in [0.1, 0.15) is 5.75 Å². The number of aryl methyl sites for hydroxylation is 1. The molecule has 0 N–H and O–H groups in total. The summed E-state index contributed by atoms with van der Waals surface area (Å²) in [5.41, 5.74) is 4.12. The Morgan fingerprint density at radius 3 is 2.62 bits per heavy atom. The topological polar surface area (TPSA) is 60.2 Å². The highest BCUT2D eigenvalue weighted by Gasteiger charge is 2.31. The minimum absolute atomic E-state index is 0.00105. The number of rotatable bonds is 5. The van der Waals surface area contributed by atoms with Gasteiger partial charge >= 0.3 is 0 Å². The second-order valence-electron chi connectivity index (χ2n) is 7.46. The molecular formula is C23H26N4O2. The number of nitrogens with zero attached hydrogens (tertiary/aromatic N) is 4. The van der Waals surface area contributed by atoms with E-state index in [9.17, 15) is 4.79 Å². The molecular weight excluding hydrogens is 364 g/mol. The first-order valence-corrected chi connectivity index (χ1v) is 10.0. The Hall–Kier alpha value is -3.15. The second kappa shape index (κ2) is 8.47. The number of hydrogen-bond donors (Lipinski definition) is 0. The summed E-state index contributed by atoms with van der Waals surface area (Å²) in [6, 6.07) is 11.7. The number of likely N-dealkylation sites (tertiary alicyclic amines) is 1. The van der Waals surface area contributed by atoms with Crippen LogP contribution in [-0.2, 0) is 18.3 Å². The number of ether oxygens (including phenoxy) is 1. The van der Waals surface area contributed by atoms with Gasteiger partial charge in [-0.2, -0.15) is 5.10 Å². The molecule has 3 heterocycles. The van der Waals surface area contributed by atoms with E-state index < -0.39 is 0 Å². The first-order chi connectivity index (χ1) is 14.2. The Labute approximate surface area is 171 Å². The van der Waals surface area contributed by atoms with Gasteiger partial charge in [0.25, 0.3) is 0 Å². The monoisotopic (exact) mass is 390 g/mol. The number of carbonyl (C=O) groups excluding carboxylic acids is 1. The average molecular weight is 390 g/mol. The number of benzene rings is 1. The molecule has 29 heavy (non-hydrogen) atoms. The molecule has 0 aliphatic carbocycles. The van der Waals surface area contributed by atoms with E-state index in [1.165, 1.54) is 0 Å². The third kappa shape index (κ3) is 4.16. The van der Waals surface area contributed by atoms with E-state index in [0.29, 0.717) is 6.42 Å². The van der Waals surface area contributed by atoms with Crippen LogP contribution in [0, 0.1) is 0 Å². The molecule has 1 aliphatic rings. The quantitative estimate of drug-likeness (QED) is 0.665. The number of piperidine rings is 1. The zero-order chi connectivity index (χ0) is 20.2. The van der Waals surface area contributed by atoms with Crippen molar-refractivity contribution >= 4 is 5.91 Å². The van der Waals surface area contributed by atoms with Gasteiger partial charge < -0.3 is 9.64 Å². The van der Waals surface area contributed by atoms with E-state index in [-0.39, 0.29) is 11.9 Å². The number of carbonyl (C=O) groups is 1. The highest BCUT2D eigenvalue weighted by atomic mass is 16.5. The van der Waals surface area contributed by atoms with E-state index in [2.05, 4.69) is 4.98 Å². The van der Waals surface area contributed by atoms with Crippen LogP contribution in [-0.4, -0.2) is 39.2 Å². The Bertz CT molecular complexity index is 966. The zero-order valence-electron chi connectivity index (χ0n) is 16.9. The third-order valence-corrected chi connectivity index (χ3v) is 5.50. The molecule has 1 saturated heterocycles. The van der Waals surface area contributed by atoms with Gasteiger partial charge in [0.2, 0.25) is 5.91 Å². The van der Waals surface area contributed by atoms with E-state index in [4.69, 9.17) is 9.84 Å². The molecule has 1 aromatic carbocycles. The number of aromatic nitrogens is 3. The zero-order valence-corrected chi connectivity index (χ0v) is 16.9. The van der Waals surface area contributed by atoms with Crippen LogP contribution in [0.5, 0.6) is 5.75 Å². The van der Waals surface area contributed by atoms with Crippen molar-refractivity contribution in [3.8, 4) is 16.9 Å². The van der Waals surface area contributed by atoms with Crippen molar-refractivity contribution in [3.05, 3.63) is 66.2 Å². The molecule has 150 valence electrons. The molecule has 1 fully saturated rings. The molecule has 0 bridgehead atoms. The lowest BCUT2D eigenvalue weighted by Crippen LogP contribution is -2.39. The molecule has 3 aromatic rings. The molecule has 0 unspecified atom stereocenters. The van der Waals surface area contributed by atoms with Crippen LogP contribution in [0.3, 0.4) is 0 Å². The van der Waals surface area contributed by atoms with Crippen LogP contribution >= 0.6 is 0 Å². The van der Waals surface area contributed by atoms with Crippen molar-refractivity contribution in [1.82, 2.24) is 19.7 Å². The van der Waals surface area contributed by atoms with Crippen LogP contribution in [0.15, 0.2) is 55.0 Å². The Morgan fingerprint density at radius 1 is 1.14 bits per heavy atom. The minimum Gasteiger partial charge on any atom is -0.497 e. The fourth-order valence-corrected chi connectivity index (χ4v) is 4.04. The van der Waals surface area contributed by atoms with Crippen molar-refractivity contribution in [3.63, 3.8) is 0 Å². The first kappa shape index (κ1) is 19.2. The largest absolute Gasteiger partial charge is 0.497 e. The van der Waals surface area contributed by atoms with E-state index in [0.717, 1.165) is 53.9 Å². The molecule has 1 aliphatic heterocycles. The Balaban J connectivity index is 1.60. The predicted octanol–water partition coefficient (Wildman–Crippen LogP) is 3.79. The van der Waals surface area contributed by atoms with Crippen LogP contribution in [0.25, 0.3) is 11.1 Å². The van der Waals surface area contributed by atoms with Crippen molar-refractivity contribution in [2.24, 2.45) is 7.05 Å². The van der Waals surface area contributed by atoms with Crippen molar-refractivity contribution in [1.29, 1.82) is 0 Å². The maximum Gasteiger partial charge on any atom is 0.227 e. The standard InChI is InChI=1S/C23H26N4O2/c1-26-16-20(18-10-12-24-13-11-18)23(25-26)21-5-3-4-14-27(21)22(28)15-17-6-8-19(29-2)9-7-17/h6-13,16,21H,3-5,14-15H2,1-2H3/t21-/m0/s1. The van der Waals surface area contributed by atoms with E-state index in [1.54, 1.807) is 19.5 Å². The van der Waals surface area contributed by atoms with E-state index >= 15 is 0 Å². The summed E-state index contributed by atoms with van der Waals surface area (Å²) in [4.78, 5) is 19.3. The summed E-state index contributed by atoms with van der Waals surface area (Å²) in [7, 11) is 3.58. The maximum absolute atomic E-state index is 13.2. The van der Waals surface area contributed by atoms with Gasteiger partial charge in [-0.3, -0.25) is 14.5 Å². The van der Waals surface area contributed by atoms with Crippen LogP contribution in [0.1, 0.15) is 36.6 Å². The van der Waals surface area contributed by atoms with Crippen molar-refractivity contribution in [2.75, 3.05) is 13.7 Å². The molecule has 0 spiro atoms. The minimum atomic E-state index is -0.00105. The summed E-state index contributed by atoms with van der Waals surface area (Å²) >= 11 is 0. The summed E-state index contributed by atoms with van der Waals surface area (Å²) in [6.45, 7) is 0.770. The van der Waals surface area contributed by atoms with Crippen LogP contribution in [0.4, 0.5) is 0 Å². The molecule has 2 aromatic heterocycles. The number of methoxy groups -OCH3 is 1. The summed E-state index contributed by atoms with van der Waals surface area (Å²) in [6.07, 6.45) is 9.07. The van der Waals surface area contributed by atoms with Gasteiger partial charge in [0.15, 0.2) is 0 Å². The average Bonchev–Trinajstić information content (AvgIpc) is 3.16. The van der Waals surface area contributed by atoms with Gasteiger partial charge in [0.05, 0.1) is 25.3 Å². The molecule has 0 saturated carbocycles. The lowest BCUT2D eigenvalue weighted by molar-refractivity contribution is -0.134. The summed E-state index contributed by atoms with van der Waals surface area (Å²) in [5.74, 6) is 0.943. The SMILES string of the molecule is COc1ccc(CC(=O)N2CCCC[C@H]2c2nn(C)cc2-c2ccncc2)cc1. The Kier molecular flexibility index (Phi) is 5.60. The Morgan fingerprint density at radius 2 is 1.90 bits per heavy atom. The van der Waals surface area contributed by atoms with Crippen molar-refractivity contribution < 1.29 is 9.53 Å². The number of hydrogen-bond acceptors (Lipinski definition) is 4. The highest BCUT2D eigenvalue weighted by Crippen LogP contribution is 2.36. The van der Waals surface area contributed by atoms with E-state index in [1.807, 2.05) is 59.2 Å². The second-order valence-corrected chi connectivity index (χ2v) is 7.46. The normalized spacial score (nSPS) is 16.6. The van der Waals surface area contributed by atoms with Crippen LogP contribution in [0.2, 0.25) is 0 Å². The molecule has 1 atom stereocenters. The van der Waals surface area contributed by atoms with Crippen molar-refractivity contribution in [2.45, 2.75) is 31.7 Å². The predicted molar refractivity (Wildman–Crippen MR) is 111 cm³/mol. The smallest absolute Gasteiger partial charge is 0.227 e. The fraction of sp³-hybridized carbons (Fsp3) is 0.348. The maximum atomic E-state index is 13.2. The summed E-state index contributed by atoms with van der Waals surface area (Å²) in [5, 5.41) is 4.76. The first-order valence-electron chi connectivity index (χ1n) is 10.0.